The Labute approximate surface area is 166 Å². The fourth-order valence-electron chi connectivity index (χ4n) is 3.50. The molecule has 0 amide bonds. The van der Waals surface area contributed by atoms with E-state index in [2.05, 4.69) is 72.4 Å². The van der Waals surface area contributed by atoms with Gasteiger partial charge in [0.15, 0.2) is 5.65 Å². The van der Waals surface area contributed by atoms with Crippen LogP contribution in [0.25, 0.3) is 11.0 Å². The summed E-state index contributed by atoms with van der Waals surface area (Å²) in [5.74, 6) is 0.797. The number of ether oxygens (including phenoxy) is 1. The second-order valence-corrected chi connectivity index (χ2v) is 7.54. The molecule has 2 aromatic heterocycles. The van der Waals surface area contributed by atoms with E-state index in [4.69, 9.17) is 4.74 Å². The van der Waals surface area contributed by atoms with Gasteiger partial charge in [0.1, 0.15) is 16.7 Å². The number of hydrogen-bond acceptors (Lipinski definition) is 6. The first-order chi connectivity index (χ1) is 13.1. The average Bonchev–Trinajstić information content (AvgIpc) is 2.99. The molecule has 0 radical (unpaired) electrons. The molecule has 1 fully saturated rings. The van der Waals surface area contributed by atoms with E-state index in [1.54, 1.807) is 11.0 Å². The van der Waals surface area contributed by atoms with E-state index in [0.29, 0.717) is 0 Å². The predicted molar refractivity (Wildman–Crippen MR) is 109 cm³/mol. The van der Waals surface area contributed by atoms with Gasteiger partial charge in [0.05, 0.1) is 24.6 Å². The number of fused-ring (bicyclic) bond motifs is 1. The highest BCUT2D eigenvalue weighted by molar-refractivity contribution is 9.10. The SMILES string of the molecule is Cc1ccc(C(CNc2ncnc3c2c(Br)nn3C)N2CCOCC2)cc1. The topological polar surface area (TPSA) is 68.1 Å². The third-order valence-corrected chi connectivity index (χ3v) is 5.54. The molecule has 3 heterocycles. The van der Waals surface area contributed by atoms with Gasteiger partial charge in [0, 0.05) is 26.7 Å². The van der Waals surface area contributed by atoms with Gasteiger partial charge in [-0.2, -0.15) is 5.10 Å². The van der Waals surface area contributed by atoms with Crippen molar-refractivity contribution in [2.75, 3.05) is 38.2 Å². The molecule has 8 heteroatoms. The van der Waals surface area contributed by atoms with Crippen LogP contribution in [0.1, 0.15) is 17.2 Å². The summed E-state index contributed by atoms with van der Waals surface area (Å²) < 4.78 is 8.05. The second-order valence-electron chi connectivity index (χ2n) is 6.79. The minimum atomic E-state index is 0.245. The van der Waals surface area contributed by atoms with Crippen LogP contribution in [-0.4, -0.2) is 57.5 Å². The van der Waals surface area contributed by atoms with Gasteiger partial charge in [-0.25, -0.2) is 14.6 Å². The van der Waals surface area contributed by atoms with Crippen molar-refractivity contribution in [2.24, 2.45) is 7.05 Å². The molecular formula is C19H23BrN6O. The number of halogens is 1. The molecule has 1 aromatic carbocycles. The standard InChI is InChI=1S/C19H23BrN6O/c1-13-3-5-14(6-4-13)15(26-7-9-27-10-8-26)11-21-18-16-17(20)24-25(2)19(16)23-12-22-18/h3-6,12,15H,7-11H2,1-2H3,(H,21,22,23). The Bertz CT molecular complexity index is 920. The Kier molecular flexibility index (Phi) is 5.38. The Morgan fingerprint density at radius 3 is 2.67 bits per heavy atom. The summed E-state index contributed by atoms with van der Waals surface area (Å²) in [6, 6.07) is 9.02. The molecule has 142 valence electrons. The first-order valence-corrected chi connectivity index (χ1v) is 9.88. The van der Waals surface area contributed by atoms with Crippen LogP contribution in [0.2, 0.25) is 0 Å². The maximum atomic E-state index is 5.54. The molecule has 0 bridgehead atoms. The van der Waals surface area contributed by atoms with Gasteiger partial charge >= 0.3 is 0 Å². The fraction of sp³-hybridized carbons (Fsp3) is 0.421. The zero-order valence-electron chi connectivity index (χ0n) is 15.5. The fourth-order valence-corrected chi connectivity index (χ4v) is 4.11. The van der Waals surface area contributed by atoms with Crippen LogP contribution in [0.4, 0.5) is 5.82 Å². The molecule has 0 spiro atoms. The molecule has 0 saturated carbocycles. The summed E-state index contributed by atoms with van der Waals surface area (Å²) in [4.78, 5) is 11.3. The van der Waals surface area contributed by atoms with Gasteiger partial charge in [0.2, 0.25) is 0 Å². The van der Waals surface area contributed by atoms with Gasteiger partial charge in [0.25, 0.3) is 0 Å². The van der Waals surface area contributed by atoms with Crippen LogP contribution in [0.5, 0.6) is 0 Å². The molecule has 0 aliphatic carbocycles. The zero-order valence-corrected chi connectivity index (χ0v) is 17.1. The summed E-state index contributed by atoms with van der Waals surface area (Å²) in [5, 5.41) is 8.84. The molecule has 4 rings (SSSR count). The summed E-state index contributed by atoms with van der Waals surface area (Å²) in [6.07, 6.45) is 1.58. The summed E-state index contributed by atoms with van der Waals surface area (Å²) in [6.45, 7) is 6.26. The third kappa shape index (κ3) is 3.83. The molecule has 1 aliphatic heterocycles. The number of rotatable bonds is 5. The lowest BCUT2D eigenvalue weighted by atomic mass is 10.0. The molecule has 1 N–H and O–H groups in total. The number of aryl methyl sites for hydroxylation is 2. The average molecular weight is 431 g/mol. The Morgan fingerprint density at radius 1 is 1.19 bits per heavy atom. The quantitative estimate of drug-likeness (QED) is 0.670. The van der Waals surface area contributed by atoms with E-state index in [9.17, 15) is 0 Å². The maximum absolute atomic E-state index is 5.54. The number of nitrogens with zero attached hydrogens (tertiary/aromatic N) is 5. The minimum absolute atomic E-state index is 0.245. The number of benzene rings is 1. The summed E-state index contributed by atoms with van der Waals surface area (Å²) in [7, 11) is 1.88. The normalized spacial score (nSPS) is 16.6. The maximum Gasteiger partial charge on any atom is 0.164 e. The van der Waals surface area contributed by atoms with Crippen LogP contribution in [0.15, 0.2) is 35.2 Å². The second kappa shape index (κ2) is 7.92. The number of hydrogen-bond donors (Lipinski definition) is 1. The highest BCUT2D eigenvalue weighted by atomic mass is 79.9. The smallest absolute Gasteiger partial charge is 0.164 e. The van der Waals surface area contributed by atoms with Gasteiger partial charge in [-0.3, -0.25) is 4.90 Å². The van der Waals surface area contributed by atoms with Crippen molar-refractivity contribution in [1.29, 1.82) is 0 Å². The van der Waals surface area contributed by atoms with Gasteiger partial charge < -0.3 is 10.1 Å². The van der Waals surface area contributed by atoms with E-state index >= 15 is 0 Å². The Hall–Kier alpha value is -2.03. The largest absolute Gasteiger partial charge is 0.379 e. The van der Waals surface area contributed by atoms with Crippen LogP contribution in [-0.2, 0) is 11.8 Å². The number of nitrogens with one attached hydrogen (secondary N) is 1. The van der Waals surface area contributed by atoms with Gasteiger partial charge in [-0.05, 0) is 28.4 Å². The lowest BCUT2D eigenvalue weighted by Crippen LogP contribution is -2.41. The van der Waals surface area contributed by atoms with Crippen molar-refractivity contribution in [3.8, 4) is 0 Å². The minimum Gasteiger partial charge on any atom is -0.379 e. The van der Waals surface area contributed by atoms with Crippen LogP contribution in [0, 0.1) is 6.92 Å². The number of aromatic nitrogens is 4. The lowest BCUT2D eigenvalue weighted by Gasteiger charge is -2.35. The zero-order chi connectivity index (χ0) is 18.8. The van der Waals surface area contributed by atoms with Crippen molar-refractivity contribution >= 4 is 32.8 Å². The van der Waals surface area contributed by atoms with Crippen molar-refractivity contribution < 1.29 is 4.74 Å². The Balaban J connectivity index is 1.61. The van der Waals surface area contributed by atoms with Crippen molar-refractivity contribution in [1.82, 2.24) is 24.6 Å². The molecule has 1 saturated heterocycles. The monoisotopic (exact) mass is 430 g/mol. The number of anilines is 1. The first kappa shape index (κ1) is 18.3. The van der Waals surface area contributed by atoms with Gasteiger partial charge in [-0.1, -0.05) is 29.8 Å². The van der Waals surface area contributed by atoms with Crippen LogP contribution in [0.3, 0.4) is 0 Å². The highest BCUT2D eigenvalue weighted by Crippen LogP contribution is 2.28. The molecule has 1 aliphatic rings. The highest BCUT2D eigenvalue weighted by Gasteiger charge is 2.23. The summed E-state index contributed by atoms with van der Waals surface area (Å²) >= 11 is 3.53. The van der Waals surface area contributed by atoms with E-state index in [1.807, 2.05) is 7.05 Å². The molecule has 7 nitrogen and oxygen atoms in total. The van der Waals surface area contributed by atoms with Crippen LogP contribution >= 0.6 is 15.9 Å². The van der Waals surface area contributed by atoms with E-state index < -0.39 is 0 Å². The number of morpholine rings is 1. The molecule has 3 aromatic rings. The van der Waals surface area contributed by atoms with E-state index in [-0.39, 0.29) is 6.04 Å². The first-order valence-electron chi connectivity index (χ1n) is 9.09. The third-order valence-electron chi connectivity index (χ3n) is 4.99. The van der Waals surface area contributed by atoms with E-state index in [1.165, 1.54) is 11.1 Å². The van der Waals surface area contributed by atoms with Gasteiger partial charge in [-0.15, -0.1) is 0 Å². The molecule has 27 heavy (non-hydrogen) atoms. The molecular weight excluding hydrogens is 408 g/mol. The molecule has 1 atom stereocenters. The van der Waals surface area contributed by atoms with E-state index in [0.717, 1.165) is 54.3 Å². The predicted octanol–water partition coefficient (Wildman–Crippen LogP) is 2.92. The van der Waals surface area contributed by atoms with Crippen molar-refractivity contribution in [3.05, 3.63) is 46.3 Å². The lowest BCUT2D eigenvalue weighted by molar-refractivity contribution is 0.0187. The van der Waals surface area contributed by atoms with Crippen molar-refractivity contribution in [2.45, 2.75) is 13.0 Å². The summed E-state index contributed by atoms with van der Waals surface area (Å²) in [5.41, 5.74) is 3.37. The Morgan fingerprint density at radius 2 is 1.93 bits per heavy atom. The van der Waals surface area contributed by atoms with Crippen molar-refractivity contribution in [3.63, 3.8) is 0 Å². The molecule has 1 unspecified atom stereocenters. The van der Waals surface area contributed by atoms with Crippen LogP contribution < -0.4 is 5.32 Å².